The van der Waals surface area contributed by atoms with Crippen molar-refractivity contribution in [2.75, 3.05) is 27.2 Å². The highest BCUT2D eigenvalue weighted by atomic mass is 32.1. The van der Waals surface area contributed by atoms with Gasteiger partial charge in [0.05, 0.1) is 5.41 Å². The first-order chi connectivity index (χ1) is 15.0. The maximum Gasteiger partial charge on any atom is 0.272 e. The fraction of sp³-hybridized carbons (Fsp3) is 0.320. The number of amides is 2. The molecule has 4 rings (SSSR count). The molecule has 0 unspecified atom stereocenters. The second kappa shape index (κ2) is 9.02. The molecular formula is C25H27N3O2S. The predicted molar refractivity (Wildman–Crippen MR) is 124 cm³/mol. The van der Waals surface area contributed by atoms with Crippen molar-refractivity contribution in [1.29, 1.82) is 0 Å². The normalized spacial score (nSPS) is 18.6. The van der Waals surface area contributed by atoms with Gasteiger partial charge in [0, 0.05) is 38.3 Å². The van der Waals surface area contributed by atoms with E-state index < -0.39 is 5.41 Å². The highest BCUT2D eigenvalue weighted by Crippen LogP contribution is 2.37. The number of hydrogen-bond acceptors (Lipinski definition) is 4. The number of thiophene rings is 1. The third-order valence-corrected chi connectivity index (χ3v) is 6.80. The fourth-order valence-electron chi connectivity index (χ4n) is 4.49. The summed E-state index contributed by atoms with van der Waals surface area (Å²) in [5, 5.41) is 2.07. The number of carbonyl (C=O) groups excluding carboxylic acids is 2. The zero-order valence-corrected chi connectivity index (χ0v) is 18.8. The first-order valence-electron chi connectivity index (χ1n) is 10.5. The summed E-state index contributed by atoms with van der Waals surface area (Å²) in [6.07, 6.45) is 3.79. The van der Waals surface area contributed by atoms with Gasteiger partial charge in [0.1, 0.15) is 5.69 Å². The topological polar surface area (TPSA) is 53.5 Å². The van der Waals surface area contributed by atoms with Crippen LogP contribution < -0.4 is 0 Å². The number of carbonyl (C=O) groups is 2. The van der Waals surface area contributed by atoms with E-state index in [1.807, 2.05) is 12.1 Å². The monoisotopic (exact) mass is 433 g/mol. The van der Waals surface area contributed by atoms with E-state index in [1.54, 1.807) is 53.6 Å². The Morgan fingerprint density at radius 2 is 2.00 bits per heavy atom. The van der Waals surface area contributed by atoms with E-state index in [4.69, 9.17) is 0 Å². The minimum atomic E-state index is -0.639. The predicted octanol–water partition coefficient (Wildman–Crippen LogP) is 4.36. The van der Waals surface area contributed by atoms with Crippen LogP contribution in [0.2, 0.25) is 0 Å². The van der Waals surface area contributed by atoms with Gasteiger partial charge in [-0.3, -0.25) is 14.6 Å². The van der Waals surface area contributed by atoms with Crippen molar-refractivity contribution in [3.63, 3.8) is 0 Å². The zero-order chi connectivity index (χ0) is 21.8. The maximum absolute atomic E-state index is 13.4. The summed E-state index contributed by atoms with van der Waals surface area (Å²) in [5.41, 5.74) is 2.07. The minimum absolute atomic E-state index is 0.0764. The number of hydrogen-bond donors (Lipinski definition) is 0. The molecule has 6 heteroatoms. The zero-order valence-electron chi connectivity index (χ0n) is 18.0. The summed E-state index contributed by atoms with van der Waals surface area (Å²) < 4.78 is 0. The van der Waals surface area contributed by atoms with Crippen LogP contribution in [0.25, 0.3) is 10.4 Å². The Balaban J connectivity index is 1.64. The minimum Gasteiger partial charge on any atom is -0.348 e. The molecule has 2 amide bonds. The SMILES string of the molecule is CN(C)C(=O)[C@@]1(Cc2cccc(-c3cccs3)c2)CCCN(C(=O)c2ccccn2)C1. The molecule has 3 aromatic rings. The van der Waals surface area contributed by atoms with Gasteiger partial charge in [-0.15, -0.1) is 11.3 Å². The van der Waals surface area contributed by atoms with E-state index in [2.05, 4.69) is 40.7 Å². The van der Waals surface area contributed by atoms with Crippen molar-refractivity contribution >= 4 is 23.2 Å². The molecule has 1 atom stereocenters. The largest absolute Gasteiger partial charge is 0.348 e. The van der Waals surface area contributed by atoms with Gasteiger partial charge in [0.15, 0.2) is 0 Å². The van der Waals surface area contributed by atoms with E-state index in [1.165, 1.54) is 4.88 Å². The molecule has 0 aliphatic carbocycles. The molecule has 5 nitrogen and oxygen atoms in total. The third kappa shape index (κ3) is 4.54. The lowest BCUT2D eigenvalue weighted by atomic mass is 9.73. The second-order valence-corrected chi connectivity index (χ2v) is 9.33. The van der Waals surface area contributed by atoms with E-state index >= 15 is 0 Å². The van der Waals surface area contributed by atoms with Gasteiger partial charge in [-0.05, 0) is 54.0 Å². The average molecular weight is 434 g/mol. The number of aromatic nitrogens is 1. The summed E-state index contributed by atoms with van der Waals surface area (Å²) in [6.45, 7) is 1.05. The van der Waals surface area contributed by atoms with E-state index in [0.717, 1.165) is 24.0 Å². The third-order valence-electron chi connectivity index (χ3n) is 5.88. The average Bonchev–Trinajstić information content (AvgIpc) is 3.34. The number of likely N-dealkylation sites (tertiary alicyclic amines) is 1. The molecule has 160 valence electrons. The van der Waals surface area contributed by atoms with Crippen molar-refractivity contribution in [3.8, 4) is 10.4 Å². The standard InChI is InChI=1S/C25H27N3O2S/c1-27(2)24(30)25(17-19-8-5-9-20(16-19)22-11-6-15-31-22)12-7-14-28(18-25)23(29)21-10-3-4-13-26-21/h3-6,8-11,13,15-16H,7,12,14,17-18H2,1-2H3/t25-/m1/s1. The van der Waals surface area contributed by atoms with Gasteiger partial charge in [-0.1, -0.05) is 36.4 Å². The summed E-state index contributed by atoms with van der Waals surface area (Å²) >= 11 is 1.71. The lowest BCUT2D eigenvalue weighted by Crippen LogP contribution is -2.54. The Bertz CT molecular complexity index is 1050. The van der Waals surface area contributed by atoms with Crippen molar-refractivity contribution in [1.82, 2.24) is 14.8 Å². The summed E-state index contributed by atoms with van der Waals surface area (Å²) in [7, 11) is 3.59. The molecule has 1 aliphatic rings. The summed E-state index contributed by atoms with van der Waals surface area (Å²) in [6, 6.07) is 17.9. The quantitative estimate of drug-likeness (QED) is 0.601. The van der Waals surface area contributed by atoms with Crippen molar-refractivity contribution < 1.29 is 9.59 Å². The molecule has 0 radical (unpaired) electrons. The molecule has 0 saturated carbocycles. The first-order valence-corrected chi connectivity index (χ1v) is 11.4. The number of nitrogens with zero attached hydrogens (tertiary/aromatic N) is 3. The van der Waals surface area contributed by atoms with Gasteiger partial charge in [0.2, 0.25) is 5.91 Å². The van der Waals surface area contributed by atoms with Crippen LogP contribution in [0, 0.1) is 5.41 Å². The van der Waals surface area contributed by atoms with Crippen LogP contribution in [0.1, 0.15) is 28.9 Å². The Morgan fingerprint density at radius 1 is 1.13 bits per heavy atom. The molecule has 3 heterocycles. The fourth-order valence-corrected chi connectivity index (χ4v) is 5.22. The molecule has 31 heavy (non-hydrogen) atoms. The number of pyridine rings is 1. The molecule has 0 spiro atoms. The summed E-state index contributed by atoms with van der Waals surface area (Å²) in [5.74, 6) is -0.0314. The maximum atomic E-state index is 13.4. The number of piperidine rings is 1. The molecule has 1 fully saturated rings. The molecule has 1 aliphatic heterocycles. The van der Waals surface area contributed by atoms with Crippen LogP contribution >= 0.6 is 11.3 Å². The van der Waals surface area contributed by atoms with Gasteiger partial charge >= 0.3 is 0 Å². The molecule has 0 bridgehead atoms. The number of rotatable bonds is 5. The molecule has 0 N–H and O–H groups in total. The van der Waals surface area contributed by atoms with Crippen LogP contribution in [0.4, 0.5) is 0 Å². The second-order valence-electron chi connectivity index (χ2n) is 8.38. The molecule has 2 aromatic heterocycles. The highest BCUT2D eigenvalue weighted by molar-refractivity contribution is 7.13. The molecule has 1 aromatic carbocycles. The van der Waals surface area contributed by atoms with Crippen LogP contribution in [0.15, 0.2) is 66.2 Å². The van der Waals surface area contributed by atoms with Gasteiger partial charge in [-0.2, -0.15) is 0 Å². The Kier molecular flexibility index (Phi) is 6.18. The van der Waals surface area contributed by atoms with Crippen molar-refractivity contribution in [2.45, 2.75) is 19.3 Å². The first kappa shape index (κ1) is 21.2. The van der Waals surface area contributed by atoms with Crippen LogP contribution in [-0.2, 0) is 11.2 Å². The van der Waals surface area contributed by atoms with Crippen LogP contribution in [-0.4, -0.2) is 53.8 Å². The summed E-state index contributed by atoms with van der Waals surface area (Å²) in [4.78, 5) is 35.4. The number of benzene rings is 1. The Morgan fingerprint density at radius 3 is 2.71 bits per heavy atom. The lowest BCUT2D eigenvalue weighted by molar-refractivity contribution is -0.142. The molecule has 1 saturated heterocycles. The van der Waals surface area contributed by atoms with Gasteiger partial charge in [0.25, 0.3) is 5.91 Å². The highest BCUT2D eigenvalue weighted by Gasteiger charge is 2.44. The Hall–Kier alpha value is -2.99. The molecular weight excluding hydrogens is 406 g/mol. The Labute approximate surface area is 187 Å². The lowest BCUT2D eigenvalue weighted by Gasteiger charge is -2.43. The van der Waals surface area contributed by atoms with Crippen molar-refractivity contribution in [2.24, 2.45) is 5.41 Å². The van der Waals surface area contributed by atoms with Crippen molar-refractivity contribution in [3.05, 3.63) is 77.4 Å². The van der Waals surface area contributed by atoms with E-state index in [9.17, 15) is 9.59 Å². The van der Waals surface area contributed by atoms with E-state index in [-0.39, 0.29) is 11.8 Å². The van der Waals surface area contributed by atoms with Crippen LogP contribution in [0.5, 0.6) is 0 Å². The smallest absolute Gasteiger partial charge is 0.272 e. The van der Waals surface area contributed by atoms with E-state index in [0.29, 0.717) is 25.2 Å². The van der Waals surface area contributed by atoms with Crippen LogP contribution in [0.3, 0.4) is 0 Å². The van der Waals surface area contributed by atoms with Gasteiger partial charge in [-0.25, -0.2) is 0 Å². The van der Waals surface area contributed by atoms with Gasteiger partial charge < -0.3 is 9.80 Å².